The Labute approximate surface area is 198 Å². The summed E-state index contributed by atoms with van der Waals surface area (Å²) in [5.41, 5.74) is 3.59. The van der Waals surface area contributed by atoms with Gasteiger partial charge in [0.05, 0.1) is 11.6 Å². The van der Waals surface area contributed by atoms with Gasteiger partial charge in [-0.05, 0) is 59.4 Å². The van der Waals surface area contributed by atoms with E-state index in [2.05, 4.69) is 25.8 Å². The SMILES string of the molecule is Cc1cc(Cl)ccc1N1C(=O)C(=O)/C(=C(/O)c2ccncc2)C1c1ccc(C(C)(C)C)cc1. The molecule has 33 heavy (non-hydrogen) atoms. The Hall–Kier alpha value is -3.44. The first-order valence-corrected chi connectivity index (χ1v) is 11.1. The van der Waals surface area contributed by atoms with Crippen molar-refractivity contribution in [2.24, 2.45) is 0 Å². The maximum absolute atomic E-state index is 13.3. The standard InChI is InChI=1S/C27H25ClN2O3/c1-16-15-20(28)9-10-21(16)30-23(17-5-7-19(8-6-17)27(2,3)4)22(25(32)26(30)33)24(31)18-11-13-29-14-12-18/h5-15,23,31H,1-4H3/b24-22+. The third kappa shape index (κ3) is 4.16. The summed E-state index contributed by atoms with van der Waals surface area (Å²) in [5, 5.41) is 11.7. The monoisotopic (exact) mass is 460 g/mol. The van der Waals surface area contributed by atoms with Crippen molar-refractivity contribution >= 4 is 34.7 Å². The number of pyridine rings is 1. The average Bonchev–Trinajstić information content (AvgIpc) is 3.04. The van der Waals surface area contributed by atoms with Gasteiger partial charge in [0.2, 0.25) is 0 Å². The molecule has 2 heterocycles. The van der Waals surface area contributed by atoms with Crippen LogP contribution >= 0.6 is 11.6 Å². The zero-order chi connectivity index (χ0) is 23.9. The van der Waals surface area contributed by atoms with Gasteiger partial charge in [0.15, 0.2) is 0 Å². The number of benzene rings is 2. The quantitative estimate of drug-likeness (QED) is 0.297. The number of hydrogen-bond donors (Lipinski definition) is 1. The van der Waals surface area contributed by atoms with E-state index in [0.717, 1.165) is 16.7 Å². The average molecular weight is 461 g/mol. The van der Waals surface area contributed by atoms with Gasteiger partial charge in [0.1, 0.15) is 5.76 Å². The van der Waals surface area contributed by atoms with Gasteiger partial charge in [-0.15, -0.1) is 0 Å². The molecule has 1 N–H and O–H groups in total. The summed E-state index contributed by atoms with van der Waals surface area (Å²) in [5.74, 6) is -1.65. The lowest BCUT2D eigenvalue weighted by molar-refractivity contribution is -0.132. The van der Waals surface area contributed by atoms with Gasteiger partial charge in [-0.25, -0.2) is 0 Å². The van der Waals surface area contributed by atoms with E-state index in [4.69, 9.17) is 11.6 Å². The van der Waals surface area contributed by atoms with Crippen molar-refractivity contribution < 1.29 is 14.7 Å². The first-order valence-electron chi connectivity index (χ1n) is 10.7. The highest BCUT2D eigenvalue weighted by molar-refractivity contribution is 6.51. The molecule has 0 bridgehead atoms. The van der Waals surface area contributed by atoms with Crippen LogP contribution in [0.3, 0.4) is 0 Å². The number of aromatic nitrogens is 1. The lowest BCUT2D eigenvalue weighted by Gasteiger charge is -2.27. The molecule has 1 fully saturated rings. The number of nitrogens with zero attached hydrogens (tertiary/aromatic N) is 2. The van der Waals surface area contributed by atoms with Crippen molar-refractivity contribution in [3.8, 4) is 0 Å². The number of aliphatic hydroxyl groups excluding tert-OH is 1. The molecule has 1 atom stereocenters. The molecular weight excluding hydrogens is 436 g/mol. The van der Waals surface area contributed by atoms with Crippen LogP contribution in [-0.4, -0.2) is 21.8 Å². The van der Waals surface area contributed by atoms with Crippen molar-refractivity contribution in [3.05, 3.63) is 99.8 Å². The number of ketones is 1. The van der Waals surface area contributed by atoms with Crippen molar-refractivity contribution in [1.82, 2.24) is 4.98 Å². The Morgan fingerprint density at radius 2 is 1.64 bits per heavy atom. The van der Waals surface area contributed by atoms with Crippen LogP contribution in [-0.2, 0) is 15.0 Å². The highest BCUT2D eigenvalue weighted by Crippen LogP contribution is 2.43. The van der Waals surface area contributed by atoms with Crippen molar-refractivity contribution in [1.29, 1.82) is 0 Å². The first kappa shape index (κ1) is 22.7. The molecule has 2 aromatic carbocycles. The molecule has 0 radical (unpaired) electrons. The largest absolute Gasteiger partial charge is 0.507 e. The lowest BCUT2D eigenvalue weighted by Crippen LogP contribution is -2.30. The summed E-state index contributed by atoms with van der Waals surface area (Å²) in [6, 6.07) is 15.4. The fourth-order valence-corrected chi connectivity index (χ4v) is 4.34. The summed E-state index contributed by atoms with van der Waals surface area (Å²) in [7, 11) is 0. The van der Waals surface area contributed by atoms with E-state index >= 15 is 0 Å². The molecular formula is C27H25ClN2O3. The van der Waals surface area contributed by atoms with Crippen LogP contribution in [0.2, 0.25) is 5.02 Å². The molecule has 5 nitrogen and oxygen atoms in total. The number of hydrogen-bond acceptors (Lipinski definition) is 4. The van der Waals surface area contributed by atoms with Crippen LogP contribution in [0.5, 0.6) is 0 Å². The van der Waals surface area contributed by atoms with Gasteiger partial charge in [-0.1, -0.05) is 56.6 Å². The highest BCUT2D eigenvalue weighted by atomic mass is 35.5. The molecule has 0 spiro atoms. The van der Waals surface area contributed by atoms with Crippen molar-refractivity contribution in [2.75, 3.05) is 4.90 Å². The second-order valence-corrected chi connectivity index (χ2v) is 9.64. The predicted octanol–water partition coefficient (Wildman–Crippen LogP) is 5.97. The zero-order valence-electron chi connectivity index (χ0n) is 19.0. The smallest absolute Gasteiger partial charge is 0.300 e. The number of aryl methyl sites for hydroxylation is 1. The number of anilines is 1. The first-order chi connectivity index (χ1) is 15.6. The fraction of sp³-hybridized carbons (Fsp3) is 0.222. The predicted molar refractivity (Wildman–Crippen MR) is 130 cm³/mol. The molecule has 4 rings (SSSR count). The maximum atomic E-state index is 13.3. The molecule has 1 aliphatic heterocycles. The fourth-order valence-electron chi connectivity index (χ4n) is 4.12. The van der Waals surface area contributed by atoms with Gasteiger partial charge >= 0.3 is 0 Å². The van der Waals surface area contributed by atoms with Crippen molar-refractivity contribution in [3.63, 3.8) is 0 Å². The Morgan fingerprint density at radius 3 is 2.21 bits per heavy atom. The minimum atomic E-state index is -0.785. The molecule has 3 aromatic rings. The summed E-state index contributed by atoms with van der Waals surface area (Å²) in [6.07, 6.45) is 3.06. The molecule has 1 aromatic heterocycles. The number of Topliss-reactive ketones (excluding diaryl/α,β-unsaturated/α-hetero) is 1. The van der Waals surface area contributed by atoms with E-state index in [-0.39, 0.29) is 16.7 Å². The van der Waals surface area contributed by atoms with Gasteiger partial charge < -0.3 is 5.11 Å². The summed E-state index contributed by atoms with van der Waals surface area (Å²) in [6.45, 7) is 8.20. The second-order valence-electron chi connectivity index (χ2n) is 9.21. The molecule has 1 saturated heterocycles. The Morgan fingerprint density at radius 1 is 1.00 bits per heavy atom. The van der Waals surface area contributed by atoms with Crippen LogP contribution in [0.25, 0.3) is 5.76 Å². The molecule has 6 heteroatoms. The van der Waals surface area contributed by atoms with E-state index in [0.29, 0.717) is 16.3 Å². The summed E-state index contributed by atoms with van der Waals surface area (Å²) >= 11 is 6.14. The Kier molecular flexibility index (Phi) is 5.85. The molecule has 1 aliphatic rings. The van der Waals surface area contributed by atoms with E-state index < -0.39 is 17.7 Å². The van der Waals surface area contributed by atoms with Crippen LogP contribution in [0, 0.1) is 6.92 Å². The maximum Gasteiger partial charge on any atom is 0.300 e. The normalized spacial score (nSPS) is 18.1. The van der Waals surface area contributed by atoms with E-state index in [1.165, 1.54) is 17.3 Å². The van der Waals surface area contributed by atoms with Crippen LogP contribution in [0.1, 0.15) is 49.1 Å². The zero-order valence-corrected chi connectivity index (χ0v) is 19.7. The van der Waals surface area contributed by atoms with E-state index in [1.54, 1.807) is 30.3 Å². The topological polar surface area (TPSA) is 70.5 Å². The number of carbonyl (C=O) groups excluding carboxylic acids is 2. The van der Waals surface area contributed by atoms with Gasteiger partial charge in [-0.2, -0.15) is 0 Å². The molecule has 0 saturated carbocycles. The third-order valence-corrected chi connectivity index (χ3v) is 6.14. The third-order valence-electron chi connectivity index (χ3n) is 5.91. The number of amides is 1. The minimum absolute atomic E-state index is 0.0454. The number of halogens is 1. The number of aliphatic hydroxyl groups is 1. The highest BCUT2D eigenvalue weighted by Gasteiger charge is 2.47. The van der Waals surface area contributed by atoms with Crippen LogP contribution in [0.4, 0.5) is 5.69 Å². The second kappa shape index (κ2) is 8.49. The summed E-state index contributed by atoms with van der Waals surface area (Å²) < 4.78 is 0. The summed E-state index contributed by atoms with van der Waals surface area (Å²) in [4.78, 5) is 31.9. The molecule has 0 aliphatic carbocycles. The van der Waals surface area contributed by atoms with Crippen LogP contribution in [0.15, 0.2) is 72.6 Å². The van der Waals surface area contributed by atoms with E-state index in [9.17, 15) is 14.7 Å². The number of rotatable bonds is 3. The van der Waals surface area contributed by atoms with Gasteiger partial charge in [0.25, 0.3) is 11.7 Å². The van der Waals surface area contributed by atoms with E-state index in [1.807, 2.05) is 31.2 Å². The molecule has 1 unspecified atom stereocenters. The minimum Gasteiger partial charge on any atom is -0.507 e. The van der Waals surface area contributed by atoms with Crippen LogP contribution < -0.4 is 4.90 Å². The number of carbonyl (C=O) groups is 2. The van der Waals surface area contributed by atoms with Gasteiger partial charge in [0, 0.05) is 28.7 Å². The van der Waals surface area contributed by atoms with Gasteiger partial charge in [-0.3, -0.25) is 19.5 Å². The lowest BCUT2D eigenvalue weighted by atomic mass is 9.85. The molecule has 168 valence electrons. The molecule has 1 amide bonds. The Bertz CT molecular complexity index is 1260. The van der Waals surface area contributed by atoms with Crippen molar-refractivity contribution in [2.45, 2.75) is 39.2 Å². The Balaban J connectivity index is 1.95.